The molecular formula is C14H26N2O4S. The van der Waals surface area contributed by atoms with Crippen LogP contribution in [0.2, 0.25) is 0 Å². The van der Waals surface area contributed by atoms with Crippen molar-refractivity contribution in [1.82, 2.24) is 10.2 Å². The molecule has 1 aliphatic rings. The Morgan fingerprint density at radius 1 is 1.48 bits per heavy atom. The second-order valence-electron chi connectivity index (χ2n) is 5.88. The molecule has 0 aliphatic carbocycles. The maximum atomic E-state index is 12.2. The van der Waals surface area contributed by atoms with Crippen molar-refractivity contribution in [3.05, 3.63) is 0 Å². The highest BCUT2D eigenvalue weighted by molar-refractivity contribution is 7.84. The summed E-state index contributed by atoms with van der Waals surface area (Å²) in [5.74, 6) is -0.271. The lowest BCUT2D eigenvalue weighted by Gasteiger charge is -2.39. The number of likely N-dealkylation sites (tertiary alicyclic amines) is 1. The molecule has 0 spiro atoms. The molecule has 0 bridgehead atoms. The molecule has 0 aromatic carbocycles. The number of nitrogens with zero attached hydrogens (tertiary/aromatic N) is 1. The second-order valence-corrected chi connectivity index (χ2v) is 7.44. The predicted molar refractivity (Wildman–Crippen MR) is 82.7 cm³/mol. The Kier molecular flexibility index (Phi) is 6.64. The van der Waals surface area contributed by atoms with E-state index < -0.39 is 22.2 Å². The monoisotopic (exact) mass is 318 g/mol. The molecule has 122 valence electrons. The van der Waals surface area contributed by atoms with E-state index in [0.717, 1.165) is 0 Å². The second kappa shape index (κ2) is 7.77. The van der Waals surface area contributed by atoms with Crippen LogP contribution in [0.4, 0.5) is 4.79 Å². The van der Waals surface area contributed by atoms with E-state index in [1.54, 1.807) is 11.2 Å². The third-order valence-corrected chi connectivity index (χ3v) is 5.01. The first-order valence-electron chi connectivity index (χ1n) is 7.39. The van der Waals surface area contributed by atoms with Gasteiger partial charge in [-0.2, -0.15) is 0 Å². The van der Waals surface area contributed by atoms with Gasteiger partial charge in [0.15, 0.2) is 0 Å². The van der Waals surface area contributed by atoms with Crippen LogP contribution in [0.25, 0.3) is 0 Å². The van der Waals surface area contributed by atoms with Crippen LogP contribution in [0, 0.1) is 5.41 Å². The average molecular weight is 318 g/mol. The van der Waals surface area contributed by atoms with Gasteiger partial charge in [-0.3, -0.25) is 9.00 Å². The molecule has 0 radical (unpaired) electrons. The number of urea groups is 1. The lowest BCUT2D eigenvalue weighted by Crippen LogP contribution is -2.53. The SMILES string of the molecule is CCC1(C(=O)O)CCCN(C(=O)NC(C)CCS(C)=O)C1. The van der Waals surface area contributed by atoms with Crippen molar-refractivity contribution in [3.8, 4) is 0 Å². The van der Waals surface area contributed by atoms with E-state index in [1.807, 2.05) is 13.8 Å². The Morgan fingerprint density at radius 3 is 2.67 bits per heavy atom. The van der Waals surface area contributed by atoms with Crippen molar-refractivity contribution in [3.63, 3.8) is 0 Å². The van der Waals surface area contributed by atoms with Crippen molar-refractivity contribution in [2.45, 2.75) is 45.6 Å². The minimum atomic E-state index is -0.868. The Hall–Kier alpha value is -1.11. The molecule has 1 rings (SSSR count). The number of carboxylic acid groups (broad SMARTS) is 1. The zero-order valence-corrected chi connectivity index (χ0v) is 13.9. The molecule has 0 aromatic heterocycles. The van der Waals surface area contributed by atoms with E-state index in [4.69, 9.17) is 0 Å². The van der Waals surface area contributed by atoms with Gasteiger partial charge in [0.1, 0.15) is 0 Å². The smallest absolute Gasteiger partial charge is 0.317 e. The molecule has 0 saturated carbocycles. The summed E-state index contributed by atoms with van der Waals surface area (Å²) < 4.78 is 11.1. The van der Waals surface area contributed by atoms with Crippen molar-refractivity contribution < 1.29 is 18.9 Å². The fourth-order valence-electron chi connectivity index (χ4n) is 2.64. The maximum Gasteiger partial charge on any atom is 0.317 e. The molecule has 3 atom stereocenters. The van der Waals surface area contributed by atoms with Gasteiger partial charge in [0, 0.05) is 41.9 Å². The van der Waals surface area contributed by atoms with Gasteiger partial charge in [-0.1, -0.05) is 6.92 Å². The molecule has 6 nitrogen and oxygen atoms in total. The number of rotatable bonds is 6. The number of piperidine rings is 1. The van der Waals surface area contributed by atoms with Crippen LogP contribution < -0.4 is 5.32 Å². The Morgan fingerprint density at radius 2 is 2.14 bits per heavy atom. The lowest BCUT2D eigenvalue weighted by atomic mass is 9.78. The average Bonchev–Trinajstić information content (AvgIpc) is 2.44. The number of carbonyl (C=O) groups is 2. The van der Waals surface area contributed by atoms with Gasteiger partial charge in [-0.05, 0) is 32.6 Å². The largest absolute Gasteiger partial charge is 0.481 e. The van der Waals surface area contributed by atoms with Gasteiger partial charge in [-0.15, -0.1) is 0 Å². The van der Waals surface area contributed by atoms with Gasteiger partial charge in [0.25, 0.3) is 0 Å². The number of aliphatic carboxylic acids is 1. The number of hydrogen-bond donors (Lipinski definition) is 2. The molecule has 2 N–H and O–H groups in total. The fraction of sp³-hybridized carbons (Fsp3) is 0.857. The zero-order chi connectivity index (χ0) is 16.0. The van der Waals surface area contributed by atoms with Gasteiger partial charge in [-0.25, -0.2) is 4.79 Å². The normalized spacial score (nSPS) is 25.2. The molecule has 1 saturated heterocycles. The van der Waals surface area contributed by atoms with Crippen LogP contribution in [0.15, 0.2) is 0 Å². The number of amides is 2. The molecule has 1 fully saturated rings. The first-order valence-corrected chi connectivity index (χ1v) is 9.12. The molecule has 3 unspecified atom stereocenters. The number of nitrogens with one attached hydrogen (secondary N) is 1. The predicted octanol–water partition coefficient (Wildman–Crippen LogP) is 1.43. The summed E-state index contributed by atoms with van der Waals surface area (Å²) in [5, 5.41) is 12.3. The van der Waals surface area contributed by atoms with E-state index in [-0.39, 0.29) is 18.6 Å². The van der Waals surface area contributed by atoms with Gasteiger partial charge < -0.3 is 15.3 Å². The van der Waals surface area contributed by atoms with Crippen molar-refractivity contribution >= 4 is 22.8 Å². The van der Waals surface area contributed by atoms with Gasteiger partial charge >= 0.3 is 12.0 Å². The van der Waals surface area contributed by atoms with Gasteiger partial charge in [0.2, 0.25) is 0 Å². The topological polar surface area (TPSA) is 86.7 Å². The summed E-state index contributed by atoms with van der Waals surface area (Å²) in [4.78, 5) is 25.3. The molecule has 7 heteroatoms. The molecule has 1 heterocycles. The summed E-state index contributed by atoms with van der Waals surface area (Å²) in [7, 11) is -0.868. The molecular weight excluding hydrogens is 292 g/mol. The first-order chi connectivity index (χ1) is 9.80. The Labute approximate surface area is 128 Å². The van der Waals surface area contributed by atoms with Crippen LogP contribution in [0.1, 0.15) is 39.5 Å². The standard InChI is InChI=1S/C14H26N2O4S/c1-4-14(12(17)18)7-5-8-16(10-14)13(19)15-11(2)6-9-21(3)20/h11H,4-10H2,1-3H3,(H,15,19)(H,17,18). The fourth-order valence-corrected chi connectivity index (χ4v) is 3.32. The summed E-state index contributed by atoms with van der Waals surface area (Å²) >= 11 is 0. The zero-order valence-electron chi connectivity index (χ0n) is 13.1. The van der Waals surface area contributed by atoms with Crippen LogP contribution in [-0.4, -0.2) is 57.4 Å². The van der Waals surface area contributed by atoms with Crippen molar-refractivity contribution in [2.24, 2.45) is 5.41 Å². The summed E-state index contributed by atoms with van der Waals surface area (Å²) in [6.45, 7) is 4.58. The summed E-state index contributed by atoms with van der Waals surface area (Å²) in [5.41, 5.74) is -0.816. The van der Waals surface area contributed by atoms with E-state index in [0.29, 0.717) is 38.0 Å². The molecule has 1 aliphatic heterocycles. The first kappa shape index (κ1) is 17.9. The number of hydrogen-bond acceptors (Lipinski definition) is 3. The number of carbonyl (C=O) groups excluding carboxylic acids is 1. The molecule has 2 amide bonds. The lowest BCUT2D eigenvalue weighted by molar-refractivity contribution is -0.152. The van der Waals surface area contributed by atoms with Crippen molar-refractivity contribution in [1.29, 1.82) is 0 Å². The Balaban J connectivity index is 2.58. The van der Waals surface area contributed by atoms with Crippen molar-refractivity contribution in [2.75, 3.05) is 25.1 Å². The molecule has 21 heavy (non-hydrogen) atoms. The summed E-state index contributed by atoms with van der Waals surface area (Å²) in [6, 6.07) is -0.285. The van der Waals surface area contributed by atoms with Gasteiger partial charge in [0.05, 0.1) is 5.41 Å². The molecule has 0 aromatic rings. The third kappa shape index (κ3) is 4.98. The van der Waals surface area contributed by atoms with Crippen LogP contribution in [0.5, 0.6) is 0 Å². The van der Waals surface area contributed by atoms with E-state index in [2.05, 4.69) is 5.32 Å². The maximum absolute atomic E-state index is 12.2. The van der Waals surface area contributed by atoms with E-state index in [9.17, 15) is 18.9 Å². The Bertz CT molecular complexity index is 416. The highest BCUT2D eigenvalue weighted by Crippen LogP contribution is 2.33. The highest BCUT2D eigenvalue weighted by Gasteiger charge is 2.42. The minimum Gasteiger partial charge on any atom is -0.481 e. The van der Waals surface area contributed by atoms with Crippen LogP contribution >= 0.6 is 0 Å². The third-order valence-electron chi connectivity index (χ3n) is 4.20. The van der Waals surface area contributed by atoms with E-state index in [1.165, 1.54) is 0 Å². The minimum absolute atomic E-state index is 0.0656. The summed E-state index contributed by atoms with van der Waals surface area (Å²) in [6.07, 6.45) is 4.15. The van der Waals surface area contributed by atoms with Crippen LogP contribution in [-0.2, 0) is 15.6 Å². The van der Waals surface area contributed by atoms with E-state index >= 15 is 0 Å². The van der Waals surface area contributed by atoms with Crippen LogP contribution in [0.3, 0.4) is 0 Å². The highest BCUT2D eigenvalue weighted by atomic mass is 32.2. The number of carboxylic acids is 1. The quantitative estimate of drug-likeness (QED) is 0.775.